The van der Waals surface area contributed by atoms with Crippen LogP contribution in [-0.4, -0.2) is 42.6 Å². The molecule has 1 fully saturated rings. The number of piperazine rings is 1. The Morgan fingerprint density at radius 1 is 1.29 bits per heavy atom. The van der Waals surface area contributed by atoms with Gasteiger partial charge in [0.1, 0.15) is 5.82 Å². The summed E-state index contributed by atoms with van der Waals surface area (Å²) in [7, 11) is 0. The Balaban J connectivity index is 2.03. The molecule has 1 aromatic rings. The van der Waals surface area contributed by atoms with Gasteiger partial charge in [-0.3, -0.25) is 4.90 Å². The first-order valence-corrected chi connectivity index (χ1v) is 6.11. The molecule has 0 bridgehead atoms. The first-order chi connectivity index (χ1) is 8.20. The lowest BCUT2D eigenvalue weighted by molar-refractivity contribution is 0.286. The Labute approximate surface area is 110 Å². The first kappa shape index (κ1) is 12.4. The SMILES string of the molecule is N#CCN1CCN(c2ncc(Cl)cc2Cl)CC1. The average Bonchev–Trinajstić information content (AvgIpc) is 2.31. The molecule has 0 atom stereocenters. The van der Waals surface area contributed by atoms with E-state index >= 15 is 0 Å². The van der Waals surface area contributed by atoms with E-state index in [1.54, 1.807) is 12.3 Å². The van der Waals surface area contributed by atoms with Crippen LogP contribution in [0, 0.1) is 11.3 Å². The van der Waals surface area contributed by atoms with Gasteiger partial charge in [-0.05, 0) is 6.07 Å². The summed E-state index contributed by atoms with van der Waals surface area (Å²) in [5, 5.41) is 9.74. The molecule has 6 heteroatoms. The lowest BCUT2D eigenvalue weighted by Crippen LogP contribution is -2.46. The summed E-state index contributed by atoms with van der Waals surface area (Å²) in [5.41, 5.74) is 0. The Bertz CT molecular complexity index is 436. The average molecular weight is 271 g/mol. The number of aromatic nitrogens is 1. The van der Waals surface area contributed by atoms with Crippen molar-refractivity contribution in [3.63, 3.8) is 0 Å². The normalized spacial score (nSPS) is 16.9. The highest BCUT2D eigenvalue weighted by atomic mass is 35.5. The molecule has 1 aromatic heterocycles. The molecule has 1 saturated heterocycles. The predicted octanol–water partition coefficient (Wildman–Crippen LogP) is 2.03. The molecule has 0 N–H and O–H groups in total. The van der Waals surface area contributed by atoms with E-state index in [1.807, 2.05) is 0 Å². The van der Waals surface area contributed by atoms with E-state index in [0.29, 0.717) is 16.6 Å². The van der Waals surface area contributed by atoms with E-state index in [0.717, 1.165) is 32.0 Å². The molecular weight excluding hydrogens is 259 g/mol. The van der Waals surface area contributed by atoms with Crippen molar-refractivity contribution in [3.8, 4) is 6.07 Å². The van der Waals surface area contributed by atoms with Crippen molar-refractivity contribution in [1.29, 1.82) is 5.26 Å². The van der Waals surface area contributed by atoms with Gasteiger partial charge in [0.2, 0.25) is 0 Å². The molecule has 0 radical (unpaired) electrons. The summed E-state index contributed by atoms with van der Waals surface area (Å²) < 4.78 is 0. The van der Waals surface area contributed by atoms with Gasteiger partial charge in [0.05, 0.1) is 22.7 Å². The zero-order chi connectivity index (χ0) is 12.3. The summed E-state index contributed by atoms with van der Waals surface area (Å²) >= 11 is 11.9. The molecule has 0 saturated carbocycles. The van der Waals surface area contributed by atoms with E-state index < -0.39 is 0 Å². The zero-order valence-electron chi connectivity index (χ0n) is 9.24. The molecule has 0 amide bonds. The molecule has 0 spiro atoms. The molecule has 0 aliphatic carbocycles. The number of hydrogen-bond donors (Lipinski definition) is 0. The monoisotopic (exact) mass is 270 g/mol. The highest BCUT2D eigenvalue weighted by Crippen LogP contribution is 2.26. The maximum absolute atomic E-state index is 8.62. The van der Waals surface area contributed by atoms with Crippen molar-refractivity contribution in [2.75, 3.05) is 37.6 Å². The van der Waals surface area contributed by atoms with Crippen LogP contribution in [0.5, 0.6) is 0 Å². The summed E-state index contributed by atoms with van der Waals surface area (Å²) in [6.07, 6.45) is 1.60. The van der Waals surface area contributed by atoms with Crippen LogP contribution in [0.15, 0.2) is 12.3 Å². The lowest BCUT2D eigenvalue weighted by atomic mass is 10.3. The van der Waals surface area contributed by atoms with E-state index in [2.05, 4.69) is 20.9 Å². The Morgan fingerprint density at radius 2 is 2.00 bits per heavy atom. The molecule has 17 heavy (non-hydrogen) atoms. The number of anilines is 1. The topological polar surface area (TPSA) is 43.2 Å². The van der Waals surface area contributed by atoms with Crippen LogP contribution in [0.4, 0.5) is 5.82 Å². The minimum Gasteiger partial charge on any atom is -0.353 e. The molecule has 1 aliphatic heterocycles. The lowest BCUT2D eigenvalue weighted by Gasteiger charge is -2.34. The zero-order valence-corrected chi connectivity index (χ0v) is 10.7. The van der Waals surface area contributed by atoms with Crippen molar-refractivity contribution in [2.45, 2.75) is 0 Å². The fourth-order valence-corrected chi connectivity index (χ4v) is 2.36. The largest absolute Gasteiger partial charge is 0.353 e. The molecule has 2 heterocycles. The number of halogens is 2. The Kier molecular flexibility index (Phi) is 4.06. The van der Waals surface area contributed by atoms with E-state index in [4.69, 9.17) is 28.5 Å². The quantitative estimate of drug-likeness (QED) is 0.772. The highest BCUT2D eigenvalue weighted by Gasteiger charge is 2.19. The molecule has 4 nitrogen and oxygen atoms in total. The molecule has 90 valence electrons. The molecule has 1 aliphatic rings. The van der Waals surface area contributed by atoms with Crippen LogP contribution in [0.1, 0.15) is 0 Å². The number of rotatable bonds is 2. The van der Waals surface area contributed by atoms with E-state index in [1.165, 1.54) is 0 Å². The first-order valence-electron chi connectivity index (χ1n) is 5.36. The van der Waals surface area contributed by atoms with Crippen LogP contribution >= 0.6 is 23.2 Å². The number of hydrogen-bond acceptors (Lipinski definition) is 4. The molecule has 0 aromatic carbocycles. The summed E-state index contributed by atoms with van der Waals surface area (Å²) in [6, 6.07) is 3.86. The second kappa shape index (κ2) is 5.54. The molecule has 0 unspecified atom stereocenters. The molecular formula is C11H12Cl2N4. The van der Waals surface area contributed by atoms with Crippen LogP contribution in [0.25, 0.3) is 0 Å². The van der Waals surface area contributed by atoms with Crippen LogP contribution in [0.2, 0.25) is 10.0 Å². The van der Waals surface area contributed by atoms with E-state index in [-0.39, 0.29) is 0 Å². The van der Waals surface area contributed by atoms with Gasteiger partial charge >= 0.3 is 0 Å². The van der Waals surface area contributed by atoms with Crippen molar-refractivity contribution in [3.05, 3.63) is 22.3 Å². The standard InChI is InChI=1S/C11H12Cl2N4/c12-9-7-10(13)11(15-8-9)17-5-3-16(2-1-14)4-6-17/h7-8H,2-6H2. The van der Waals surface area contributed by atoms with Crippen LogP contribution < -0.4 is 4.90 Å². The van der Waals surface area contributed by atoms with Gasteiger partial charge in [-0.25, -0.2) is 4.98 Å². The summed E-state index contributed by atoms with van der Waals surface area (Å²) in [4.78, 5) is 8.48. The molecule has 2 rings (SSSR count). The van der Waals surface area contributed by atoms with Crippen molar-refractivity contribution in [1.82, 2.24) is 9.88 Å². The number of pyridine rings is 1. The van der Waals surface area contributed by atoms with Crippen molar-refractivity contribution >= 4 is 29.0 Å². The number of nitrogens with zero attached hydrogens (tertiary/aromatic N) is 4. The third kappa shape index (κ3) is 3.01. The third-order valence-corrected chi connectivity index (χ3v) is 3.24. The minimum atomic E-state index is 0.482. The predicted molar refractivity (Wildman–Crippen MR) is 68.5 cm³/mol. The van der Waals surface area contributed by atoms with E-state index in [9.17, 15) is 0 Å². The van der Waals surface area contributed by atoms with Gasteiger partial charge in [-0.1, -0.05) is 23.2 Å². The van der Waals surface area contributed by atoms with Crippen LogP contribution in [-0.2, 0) is 0 Å². The van der Waals surface area contributed by atoms with Gasteiger partial charge in [0.25, 0.3) is 0 Å². The van der Waals surface area contributed by atoms with Gasteiger partial charge in [0.15, 0.2) is 0 Å². The van der Waals surface area contributed by atoms with Gasteiger partial charge in [0, 0.05) is 32.4 Å². The number of nitriles is 1. The fraction of sp³-hybridized carbons (Fsp3) is 0.455. The van der Waals surface area contributed by atoms with Gasteiger partial charge < -0.3 is 4.90 Å². The minimum absolute atomic E-state index is 0.482. The van der Waals surface area contributed by atoms with Gasteiger partial charge in [-0.15, -0.1) is 0 Å². The van der Waals surface area contributed by atoms with Gasteiger partial charge in [-0.2, -0.15) is 5.26 Å². The van der Waals surface area contributed by atoms with Crippen molar-refractivity contribution in [2.24, 2.45) is 0 Å². The Hall–Kier alpha value is -1.02. The fourth-order valence-electron chi connectivity index (χ4n) is 1.86. The smallest absolute Gasteiger partial charge is 0.147 e. The van der Waals surface area contributed by atoms with Crippen molar-refractivity contribution < 1.29 is 0 Å². The second-order valence-electron chi connectivity index (χ2n) is 3.88. The highest BCUT2D eigenvalue weighted by molar-refractivity contribution is 6.36. The van der Waals surface area contributed by atoms with Crippen LogP contribution in [0.3, 0.4) is 0 Å². The third-order valence-electron chi connectivity index (χ3n) is 2.75. The Morgan fingerprint density at radius 3 is 2.59 bits per heavy atom. The maximum atomic E-state index is 8.62. The maximum Gasteiger partial charge on any atom is 0.147 e. The second-order valence-corrected chi connectivity index (χ2v) is 4.72. The summed E-state index contributed by atoms with van der Waals surface area (Å²) in [6.45, 7) is 3.85. The summed E-state index contributed by atoms with van der Waals surface area (Å²) in [5.74, 6) is 0.771.